The normalized spacial score (nSPS) is 22.0. The van der Waals surface area contributed by atoms with Crippen LogP contribution >= 0.6 is 35.3 Å². The van der Waals surface area contributed by atoms with Crippen molar-refractivity contribution in [2.75, 3.05) is 16.8 Å². The maximum Gasteiger partial charge on any atom is 0.224 e. The molecule has 2 aromatic carbocycles. The number of nitrogens with one attached hydrogen (secondary N) is 1. The van der Waals surface area contributed by atoms with E-state index < -0.39 is 5.60 Å². The van der Waals surface area contributed by atoms with E-state index in [9.17, 15) is 9.90 Å². The van der Waals surface area contributed by atoms with Gasteiger partial charge in [-0.3, -0.25) is 4.79 Å². The fourth-order valence-electron chi connectivity index (χ4n) is 3.56. The average molecular weight is 418 g/mol. The molecule has 2 aliphatic heterocycles. The van der Waals surface area contributed by atoms with E-state index in [1.807, 2.05) is 66.8 Å². The van der Waals surface area contributed by atoms with E-state index in [0.717, 1.165) is 44.5 Å². The van der Waals surface area contributed by atoms with Gasteiger partial charge in [0.15, 0.2) is 0 Å². The van der Waals surface area contributed by atoms with Crippen molar-refractivity contribution < 1.29 is 9.90 Å². The molecule has 0 radical (unpaired) electrons. The second-order valence-electron chi connectivity index (χ2n) is 6.80. The van der Waals surface area contributed by atoms with Gasteiger partial charge in [-0.1, -0.05) is 36.9 Å². The van der Waals surface area contributed by atoms with Gasteiger partial charge in [0.1, 0.15) is 5.60 Å². The van der Waals surface area contributed by atoms with Crippen molar-refractivity contribution in [3.05, 3.63) is 53.6 Å². The molecule has 2 aromatic rings. The first-order valence-electron chi connectivity index (χ1n) is 9.30. The van der Waals surface area contributed by atoms with Crippen molar-refractivity contribution >= 4 is 46.9 Å². The number of carbonyl (C=O) groups is 1. The number of anilines is 1. The quantitative estimate of drug-likeness (QED) is 0.705. The lowest BCUT2D eigenvalue weighted by molar-refractivity contribution is -0.116. The lowest BCUT2D eigenvalue weighted by atomic mass is 9.86. The molecule has 1 unspecified atom stereocenters. The molecule has 0 spiro atoms. The summed E-state index contributed by atoms with van der Waals surface area (Å²) in [5.41, 5.74) is 1.59. The first kappa shape index (κ1) is 19.2. The van der Waals surface area contributed by atoms with Gasteiger partial charge in [0.05, 0.1) is 4.58 Å². The van der Waals surface area contributed by atoms with Crippen molar-refractivity contribution in [3.8, 4) is 0 Å². The van der Waals surface area contributed by atoms with Gasteiger partial charge < -0.3 is 10.4 Å². The van der Waals surface area contributed by atoms with E-state index >= 15 is 0 Å². The monoisotopic (exact) mass is 417 g/mol. The van der Waals surface area contributed by atoms with E-state index in [2.05, 4.69) is 11.4 Å². The van der Waals surface area contributed by atoms with Gasteiger partial charge in [-0.15, -0.1) is 23.5 Å². The summed E-state index contributed by atoms with van der Waals surface area (Å²) >= 11 is 5.38. The maximum atomic E-state index is 12.1. The Kier molecular flexibility index (Phi) is 5.78. The van der Waals surface area contributed by atoms with Crippen LogP contribution in [0.1, 0.15) is 37.3 Å². The zero-order valence-corrected chi connectivity index (χ0v) is 17.7. The number of hydrogen-bond acceptors (Lipinski definition) is 5. The molecular formula is C21H23NO2S3. The number of hydrogen-bond donors (Lipinski definition) is 2. The number of amides is 1. The highest BCUT2D eigenvalue weighted by Crippen LogP contribution is 2.55. The molecule has 2 aliphatic rings. The third kappa shape index (κ3) is 3.65. The molecule has 1 fully saturated rings. The van der Waals surface area contributed by atoms with Gasteiger partial charge in [0.25, 0.3) is 0 Å². The first-order chi connectivity index (χ1) is 13.1. The van der Waals surface area contributed by atoms with Crippen LogP contribution in [0, 0.1) is 0 Å². The molecule has 2 N–H and O–H groups in total. The Morgan fingerprint density at radius 3 is 2.67 bits per heavy atom. The van der Waals surface area contributed by atoms with Crippen LogP contribution in [0.3, 0.4) is 0 Å². The highest BCUT2D eigenvalue weighted by atomic mass is 32.2. The Morgan fingerprint density at radius 2 is 1.89 bits per heavy atom. The molecule has 0 bridgehead atoms. The van der Waals surface area contributed by atoms with Crippen LogP contribution in [0.2, 0.25) is 0 Å². The van der Waals surface area contributed by atoms with Gasteiger partial charge in [0.2, 0.25) is 5.91 Å². The fourth-order valence-corrected chi connectivity index (χ4v) is 7.93. The molecule has 2 heterocycles. The molecule has 1 saturated heterocycles. The molecule has 1 amide bonds. The highest BCUT2D eigenvalue weighted by molar-refractivity contribution is 8.17. The van der Waals surface area contributed by atoms with E-state index in [1.165, 1.54) is 6.42 Å². The van der Waals surface area contributed by atoms with Crippen LogP contribution in [0.25, 0.3) is 0 Å². The van der Waals surface area contributed by atoms with Crippen molar-refractivity contribution in [2.45, 2.75) is 46.2 Å². The first-order valence-corrected chi connectivity index (χ1v) is 12.2. The van der Waals surface area contributed by atoms with E-state index in [-0.39, 0.29) is 10.5 Å². The third-order valence-electron chi connectivity index (χ3n) is 4.84. The van der Waals surface area contributed by atoms with Gasteiger partial charge in [-0.05, 0) is 48.6 Å². The molecule has 3 nitrogen and oxygen atoms in total. The summed E-state index contributed by atoms with van der Waals surface area (Å²) in [5.74, 6) is 2.15. The standard InChI is InChI=1S/C21H23NO2S3/c1-2-6-19(23)22-14-9-10-18-16(13-14)21(24,20-25-11-5-12-26-20)15-7-3-4-8-17(15)27-18/h3-4,7-10,13,20,24H,2,5-6,11-12H2,1H3,(H,22,23). The molecule has 0 aliphatic carbocycles. The number of benzene rings is 2. The topological polar surface area (TPSA) is 49.3 Å². The van der Waals surface area contributed by atoms with Crippen molar-refractivity contribution in [1.82, 2.24) is 0 Å². The summed E-state index contributed by atoms with van der Waals surface area (Å²) in [6.07, 6.45) is 2.50. The third-order valence-corrected chi connectivity index (χ3v) is 9.14. The second-order valence-corrected chi connectivity index (χ2v) is 10.6. The van der Waals surface area contributed by atoms with Crippen molar-refractivity contribution in [3.63, 3.8) is 0 Å². The summed E-state index contributed by atoms with van der Waals surface area (Å²) in [6, 6.07) is 14.1. The van der Waals surface area contributed by atoms with E-state index in [0.29, 0.717) is 6.42 Å². The maximum absolute atomic E-state index is 12.1. The van der Waals surface area contributed by atoms with Gasteiger partial charge in [0, 0.05) is 33.0 Å². The minimum absolute atomic E-state index is 0.0197. The van der Waals surface area contributed by atoms with Crippen LogP contribution in [0.5, 0.6) is 0 Å². The lowest BCUT2D eigenvalue weighted by Crippen LogP contribution is -2.40. The highest BCUT2D eigenvalue weighted by Gasteiger charge is 2.47. The number of carbonyl (C=O) groups excluding carboxylic acids is 1. The predicted octanol–water partition coefficient (Wildman–Crippen LogP) is 5.32. The Morgan fingerprint density at radius 1 is 1.15 bits per heavy atom. The van der Waals surface area contributed by atoms with Crippen LogP contribution in [0.4, 0.5) is 5.69 Å². The van der Waals surface area contributed by atoms with Crippen LogP contribution in [-0.4, -0.2) is 27.1 Å². The Bertz CT molecular complexity index is 851. The molecule has 6 heteroatoms. The molecule has 1 atom stereocenters. The Labute approximate surface area is 173 Å². The summed E-state index contributed by atoms with van der Waals surface area (Å²) in [6.45, 7) is 2.00. The molecule has 4 rings (SSSR count). The fraction of sp³-hybridized carbons (Fsp3) is 0.381. The van der Waals surface area contributed by atoms with E-state index in [4.69, 9.17) is 0 Å². The summed E-state index contributed by atoms with van der Waals surface area (Å²) in [5, 5.41) is 15.1. The SMILES string of the molecule is CCCC(=O)Nc1ccc2c(c1)C(O)(C1SCCCS1)c1ccccc1S2. The summed E-state index contributed by atoms with van der Waals surface area (Å²) in [7, 11) is 0. The number of fused-ring (bicyclic) bond motifs is 2. The van der Waals surface area contributed by atoms with Crippen LogP contribution in [-0.2, 0) is 10.4 Å². The number of aliphatic hydroxyl groups is 1. The van der Waals surface area contributed by atoms with Crippen LogP contribution in [0.15, 0.2) is 52.3 Å². The molecule has 0 saturated carbocycles. The second kappa shape index (κ2) is 8.11. The largest absolute Gasteiger partial charge is 0.378 e. The summed E-state index contributed by atoms with van der Waals surface area (Å²) < 4.78 is 0.0497. The average Bonchev–Trinajstić information content (AvgIpc) is 2.69. The number of thioether (sulfide) groups is 2. The van der Waals surface area contributed by atoms with Gasteiger partial charge in [-0.25, -0.2) is 0 Å². The van der Waals surface area contributed by atoms with E-state index in [1.54, 1.807) is 11.8 Å². The smallest absolute Gasteiger partial charge is 0.224 e. The molecule has 142 valence electrons. The Balaban J connectivity index is 1.79. The molecular weight excluding hydrogens is 394 g/mol. The minimum atomic E-state index is -1.06. The zero-order valence-electron chi connectivity index (χ0n) is 15.2. The zero-order chi connectivity index (χ0) is 18.9. The Hall–Kier alpha value is -1.08. The predicted molar refractivity (Wildman–Crippen MR) is 117 cm³/mol. The van der Waals surface area contributed by atoms with Crippen molar-refractivity contribution in [1.29, 1.82) is 0 Å². The van der Waals surface area contributed by atoms with Gasteiger partial charge >= 0.3 is 0 Å². The van der Waals surface area contributed by atoms with Crippen LogP contribution < -0.4 is 5.32 Å². The molecule has 0 aromatic heterocycles. The minimum Gasteiger partial charge on any atom is -0.378 e. The lowest BCUT2D eigenvalue weighted by Gasteiger charge is -2.42. The van der Waals surface area contributed by atoms with Crippen molar-refractivity contribution in [2.24, 2.45) is 0 Å². The number of rotatable bonds is 4. The molecule has 27 heavy (non-hydrogen) atoms. The summed E-state index contributed by atoms with van der Waals surface area (Å²) in [4.78, 5) is 14.2. The van der Waals surface area contributed by atoms with Gasteiger partial charge in [-0.2, -0.15) is 0 Å².